The molecule has 0 aliphatic rings. The molecule has 3 rings (SSSR count). The number of hydrogen-bond donors (Lipinski definition) is 1. The van der Waals surface area contributed by atoms with E-state index in [9.17, 15) is 4.79 Å². The Hall–Kier alpha value is -2.31. The van der Waals surface area contributed by atoms with Crippen molar-refractivity contribution in [1.82, 2.24) is 4.98 Å². The molecule has 5 nitrogen and oxygen atoms in total. The molecule has 1 N–H and O–H groups in total. The monoisotopic (exact) mass is 376 g/mol. The van der Waals surface area contributed by atoms with Gasteiger partial charge in [-0.15, -0.1) is 0 Å². The van der Waals surface area contributed by atoms with E-state index in [4.69, 9.17) is 21.1 Å². The molecule has 0 aliphatic carbocycles. The van der Waals surface area contributed by atoms with E-state index in [1.54, 1.807) is 31.4 Å². The molecular formula is C18H17ClN2O3S. The average molecular weight is 377 g/mol. The largest absolute Gasteiger partial charge is 0.495 e. The van der Waals surface area contributed by atoms with Gasteiger partial charge in [0.15, 0.2) is 5.13 Å². The lowest BCUT2D eigenvalue weighted by Gasteiger charge is -2.10. The van der Waals surface area contributed by atoms with Crippen molar-refractivity contribution in [3.05, 3.63) is 47.0 Å². The van der Waals surface area contributed by atoms with Crippen LogP contribution in [0.5, 0.6) is 11.5 Å². The minimum atomic E-state index is -0.244. The molecule has 0 atom stereocenters. The summed E-state index contributed by atoms with van der Waals surface area (Å²) in [5.41, 5.74) is 1.22. The SMILES string of the molecule is COc1cc2sc(NC(=O)c3cccc(OC(C)C)c3)nc2cc1Cl. The fourth-order valence-corrected chi connectivity index (χ4v) is 3.40. The number of rotatable bonds is 5. The van der Waals surface area contributed by atoms with Crippen LogP contribution in [0, 0.1) is 0 Å². The van der Waals surface area contributed by atoms with Crippen LogP contribution in [0.15, 0.2) is 36.4 Å². The standard InChI is InChI=1S/C18H17ClN2O3S/c1-10(2)24-12-6-4-5-11(7-12)17(22)21-18-20-14-8-13(19)15(23-3)9-16(14)25-18/h4-10H,1-3H3,(H,20,21,22). The Morgan fingerprint density at radius 1 is 1.28 bits per heavy atom. The summed E-state index contributed by atoms with van der Waals surface area (Å²) >= 11 is 7.47. The van der Waals surface area contributed by atoms with Crippen LogP contribution in [-0.4, -0.2) is 24.1 Å². The lowest BCUT2D eigenvalue weighted by Crippen LogP contribution is -2.12. The van der Waals surface area contributed by atoms with Crippen LogP contribution in [0.3, 0.4) is 0 Å². The molecule has 25 heavy (non-hydrogen) atoms. The van der Waals surface area contributed by atoms with Gasteiger partial charge >= 0.3 is 0 Å². The minimum Gasteiger partial charge on any atom is -0.495 e. The lowest BCUT2D eigenvalue weighted by molar-refractivity contribution is 0.102. The Morgan fingerprint density at radius 3 is 2.80 bits per heavy atom. The molecule has 1 amide bonds. The predicted molar refractivity (Wildman–Crippen MR) is 101 cm³/mol. The van der Waals surface area contributed by atoms with Crippen molar-refractivity contribution in [3.8, 4) is 11.5 Å². The first-order valence-electron chi connectivity index (χ1n) is 7.68. The van der Waals surface area contributed by atoms with Crippen molar-refractivity contribution in [2.24, 2.45) is 0 Å². The van der Waals surface area contributed by atoms with Crippen molar-refractivity contribution < 1.29 is 14.3 Å². The number of benzene rings is 2. The zero-order chi connectivity index (χ0) is 18.0. The van der Waals surface area contributed by atoms with E-state index in [0.717, 1.165) is 4.70 Å². The second kappa shape index (κ2) is 7.29. The van der Waals surface area contributed by atoms with Crippen LogP contribution in [0.4, 0.5) is 5.13 Å². The second-order valence-corrected chi connectivity index (χ2v) is 7.06. The molecule has 130 valence electrons. The molecule has 0 radical (unpaired) electrons. The highest BCUT2D eigenvalue weighted by atomic mass is 35.5. The van der Waals surface area contributed by atoms with Crippen molar-refractivity contribution in [2.45, 2.75) is 20.0 Å². The summed E-state index contributed by atoms with van der Waals surface area (Å²) in [4.78, 5) is 16.9. The molecule has 0 aliphatic heterocycles. The van der Waals surface area contributed by atoms with Crippen molar-refractivity contribution in [1.29, 1.82) is 0 Å². The first-order chi connectivity index (χ1) is 12.0. The Morgan fingerprint density at radius 2 is 2.08 bits per heavy atom. The van der Waals surface area contributed by atoms with Crippen LogP contribution in [0.2, 0.25) is 5.02 Å². The van der Waals surface area contributed by atoms with Gasteiger partial charge in [-0.25, -0.2) is 4.98 Å². The number of thiazole rings is 1. The number of amides is 1. The number of carbonyl (C=O) groups is 1. The molecule has 3 aromatic rings. The van der Waals surface area contributed by atoms with Gasteiger partial charge in [-0.05, 0) is 38.1 Å². The molecular weight excluding hydrogens is 360 g/mol. The topological polar surface area (TPSA) is 60.5 Å². The number of methoxy groups -OCH3 is 1. The van der Waals surface area contributed by atoms with E-state index in [-0.39, 0.29) is 12.0 Å². The third-order valence-corrected chi connectivity index (χ3v) is 4.58. The van der Waals surface area contributed by atoms with Crippen LogP contribution in [0.1, 0.15) is 24.2 Å². The van der Waals surface area contributed by atoms with Gasteiger partial charge in [0.25, 0.3) is 5.91 Å². The predicted octanol–water partition coefficient (Wildman–Crippen LogP) is 5.00. The molecule has 1 aromatic heterocycles. The first kappa shape index (κ1) is 17.5. The number of halogens is 1. The number of aromatic nitrogens is 1. The Bertz CT molecular complexity index is 924. The third-order valence-electron chi connectivity index (χ3n) is 3.35. The molecule has 1 heterocycles. The molecule has 7 heteroatoms. The van der Waals surface area contributed by atoms with Crippen LogP contribution in [-0.2, 0) is 0 Å². The molecule has 2 aromatic carbocycles. The third kappa shape index (κ3) is 4.03. The van der Waals surface area contributed by atoms with Gasteiger partial charge in [-0.1, -0.05) is 29.0 Å². The Labute approximate surface area is 154 Å². The zero-order valence-electron chi connectivity index (χ0n) is 14.0. The lowest BCUT2D eigenvalue weighted by atomic mass is 10.2. The maximum atomic E-state index is 12.5. The molecule has 0 unspecified atom stereocenters. The quantitative estimate of drug-likeness (QED) is 0.680. The van der Waals surface area contributed by atoms with Gasteiger partial charge in [0.05, 0.1) is 28.5 Å². The summed E-state index contributed by atoms with van der Waals surface area (Å²) in [5, 5.41) is 3.80. The van der Waals surface area contributed by atoms with Crippen LogP contribution in [0.25, 0.3) is 10.2 Å². The number of fused-ring (bicyclic) bond motifs is 1. The summed E-state index contributed by atoms with van der Waals surface area (Å²) in [7, 11) is 1.56. The van der Waals surface area contributed by atoms with E-state index in [0.29, 0.717) is 32.7 Å². The summed E-state index contributed by atoms with van der Waals surface area (Å²) in [5.74, 6) is 0.990. The fraction of sp³-hybridized carbons (Fsp3) is 0.222. The number of hydrogen-bond acceptors (Lipinski definition) is 5. The van der Waals surface area contributed by atoms with Gasteiger partial charge < -0.3 is 9.47 Å². The molecule has 0 bridgehead atoms. The highest BCUT2D eigenvalue weighted by molar-refractivity contribution is 7.22. The van der Waals surface area contributed by atoms with E-state index in [2.05, 4.69) is 10.3 Å². The van der Waals surface area contributed by atoms with Crippen molar-refractivity contribution >= 4 is 44.2 Å². The van der Waals surface area contributed by atoms with Crippen molar-refractivity contribution in [2.75, 3.05) is 12.4 Å². The van der Waals surface area contributed by atoms with E-state index in [1.165, 1.54) is 11.3 Å². The molecule has 0 fully saturated rings. The highest BCUT2D eigenvalue weighted by Crippen LogP contribution is 2.34. The summed E-state index contributed by atoms with van der Waals surface area (Å²) < 4.78 is 11.7. The summed E-state index contributed by atoms with van der Waals surface area (Å²) in [6, 6.07) is 10.6. The van der Waals surface area contributed by atoms with Gasteiger partial charge in [0.1, 0.15) is 11.5 Å². The van der Waals surface area contributed by atoms with Crippen LogP contribution >= 0.6 is 22.9 Å². The second-order valence-electron chi connectivity index (χ2n) is 5.62. The molecule has 0 saturated heterocycles. The average Bonchev–Trinajstić information content (AvgIpc) is 2.94. The number of ether oxygens (including phenoxy) is 2. The number of carbonyl (C=O) groups excluding carboxylic acids is 1. The number of anilines is 1. The number of nitrogens with one attached hydrogen (secondary N) is 1. The van der Waals surface area contributed by atoms with Crippen LogP contribution < -0.4 is 14.8 Å². The van der Waals surface area contributed by atoms with E-state index >= 15 is 0 Å². The maximum absolute atomic E-state index is 12.5. The Kier molecular flexibility index (Phi) is 5.11. The smallest absolute Gasteiger partial charge is 0.257 e. The number of nitrogens with zero attached hydrogens (tertiary/aromatic N) is 1. The minimum absolute atomic E-state index is 0.0438. The summed E-state index contributed by atoms with van der Waals surface area (Å²) in [6.45, 7) is 3.88. The van der Waals surface area contributed by atoms with Gasteiger partial charge in [0.2, 0.25) is 0 Å². The van der Waals surface area contributed by atoms with E-state index < -0.39 is 0 Å². The van der Waals surface area contributed by atoms with Gasteiger partial charge in [0, 0.05) is 11.6 Å². The molecule has 0 spiro atoms. The zero-order valence-corrected chi connectivity index (χ0v) is 15.6. The van der Waals surface area contributed by atoms with Gasteiger partial charge in [-0.2, -0.15) is 0 Å². The normalized spacial score (nSPS) is 10.9. The maximum Gasteiger partial charge on any atom is 0.257 e. The molecule has 0 saturated carbocycles. The first-order valence-corrected chi connectivity index (χ1v) is 8.88. The van der Waals surface area contributed by atoms with E-state index in [1.807, 2.05) is 26.0 Å². The fourth-order valence-electron chi connectivity index (χ4n) is 2.29. The summed E-state index contributed by atoms with van der Waals surface area (Å²) in [6.07, 6.45) is 0.0438. The highest BCUT2D eigenvalue weighted by Gasteiger charge is 2.13. The van der Waals surface area contributed by atoms with Gasteiger partial charge in [-0.3, -0.25) is 10.1 Å². The Balaban J connectivity index is 1.82. The van der Waals surface area contributed by atoms with Crippen molar-refractivity contribution in [3.63, 3.8) is 0 Å².